The van der Waals surface area contributed by atoms with Gasteiger partial charge in [-0.3, -0.25) is 0 Å². The van der Waals surface area contributed by atoms with Crippen LogP contribution in [0.1, 0.15) is 12.8 Å². The minimum Gasteiger partial charge on any atom is -0.892 e. The smallest absolute Gasteiger partial charge is 0.00315 e. The van der Waals surface area contributed by atoms with E-state index in [-0.39, 0.29) is 0 Å². The molecule has 0 aromatic carbocycles. The van der Waals surface area contributed by atoms with Crippen LogP contribution in [-0.2, 0) is 0 Å². The van der Waals surface area contributed by atoms with Crippen LogP contribution in [0.25, 0.3) is 0 Å². The summed E-state index contributed by atoms with van der Waals surface area (Å²) in [5.74, 6) is -0.720. The second-order valence-electron chi connectivity index (χ2n) is 1.86. The Bertz CT molecular complexity index is 73.6. The minimum absolute atomic E-state index is 0.517. The van der Waals surface area contributed by atoms with Crippen molar-refractivity contribution in [3.63, 3.8) is 0 Å². The molecule has 0 aliphatic heterocycles. The summed E-state index contributed by atoms with van der Waals surface area (Å²) in [7, 11) is -1.87. The molecule has 1 atom stereocenters. The van der Waals surface area contributed by atoms with Crippen molar-refractivity contribution < 1.29 is 10.0 Å². The van der Waals surface area contributed by atoms with E-state index in [0.29, 0.717) is 6.42 Å². The normalized spacial score (nSPS) is 13.3. The van der Waals surface area contributed by atoms with Gasteiger partial charge in [0, 0.05) is 5.33 Å². The van der Waals surface area contributed by atoms with E-state index < -0.39 is 13.1 Å². The SMILES string of the molecule is NC(CCCBr)B([O-])[O-]. The van der Waals surface area contributed by atoms with Crippen LogP contribution in [-0.4, -0.2) is 18.4 Å². The highest BCUT2D eigenvalue weighted by molar-refractivity contribution is 9.09. The lowest BCUT2D eigenvalue weighted by atomic mass is 9.78. The number of alkyl halides is 1. The van der Waals surface area contributed by atoms with Crippen molar-refractivity contribution in [2.24, 2.45) is 5.73 Å². The molecule has 0 aliphatic carbocycles. The maximum Gasteiger partial charge on any atom is 0.00315 e. The van der Waals surface area contributed by atoms with E-state index in [2.05, 4.69) is 15.9 Å². The lowest BCUT2D eigenvalue weighted by molar-refractivity contribution is -0.352. The van der Waals surface area contributed by atoms with Gasteiger partial charge in [0.2, 0.25) is 0 Å². The Morgan fingerprint density at radius 1 is 1.56 bits per heavy atom. The van der Waals surface area contributed by atoms with E-state index >= 15 is 0 Å². The Kier molecular flexibility index (Phi) is 5.48. The number of nitrogens with two attached hydrogens (primary N) is 1. The summed E-state index contributed by atoms with van der Waals surface area (Å²) in [6, 6.07) is 0. The van der Waals surface area contributed by atoms with E-state index in [4.69, 9.17) is 5.73 Å². The van der Waals surface area contributed by atoms with Crippen LogP contribution in [0.5, 0.6) is 0 Å². The van der Waals surface area contributed by atoms with Crippen LogP contribution in [0.2, 0.25) is 0 Å². The molecular weight excluding hydrogens is 185 g/mol. The first-order chi connectivity index (χ1) is 4.18. The molecule has 0 amide bonds. The molecular formula is C4H9BBrNO2-2. The van der Waals surface area contributed by atoms with Gasteiger partial charge in [0.1, 0.15) is 0 Å². The van der Waals surface area contributed by atoms with Gasteiger partial charge in [-0.05, 0) is 12.8 Å². The van der Waals surface area contributed by atoms with Gasteiger partial charge in [0.15, 0.2) is 0 Å². The first kappa shape index (κ1) is 9.42. The molecule has 0 saturated heterocycles. The summed E-state index contributed by atoms with van der Waals surface area (Å²) in [6.07, 6.45) is 1.31. The number of halogens is 1. The molecule has 0 heterocycles. The van der Waals surface area contributed by atoms with E-state index in [1.54, 1.807) is 0 Å². The molecule has 0 saturated carbocycles. The zero-order valence-electron chi connectivity index (χ0n) is 5.05. The zero-order chi connectivity index (χ0) is 7.28. The average molecular weight is 194 g/mol. The molecule has 2 N–H and O–H groups in total. The molecule has 9 heavy (non-hydrogen) atoms. The third-order valence-corrected chi connectivity index (χ3v) is 1.58. The Morgan fingerprint density at radius 3 is 2.44 bits per heavy atom. The predicted molar refractivity (Wildman–Crippen MR) is 36.8 cm³/mol. The summed E-state index contributed by atoms with van der Waals surface area (Å²) < 4.78 is 0. The molecule has 0 fully saturated rings. The van der Waals surface area contributed by atoms with Crippen LogP contribution in [0.4, 0.5) is 0 Å². The van der Waals surface area contributed by atoms with Crippen molar-refractivity contribution in [2.75, 3.05) is 5.33 Å². The van der Waals surface area contributed by atoms with Crippen molar-refractivity contribution >= 4 is 23.0 Å². The van der Waals surface area contributed by atoms with Crippen LogP contribution < -0.4 is 15.8 Å². The Balaban J connectivity index is 3.16. The molecule has 5 heteroatoms. The van der Waals surface area contributed by atoms with Gasteiger partial charge in [-0.2, -0.15) is 0 Å². The summed E-state index contributed by atoms with van der Waals surface area (Å²) in [6.45, 7) is 0. The van der Waals surface area contributed by atoms with Crippen molar-refractivity contribution in [1.29, 1.82) is 0 Å². The fraction of sp³-hybridized carbons (Fsp3) is 1.00. The Labute approximate surface area is 63.5 Å². The fourth-order valence-corrected chi connectivity index (χ4v) is 0.773. The largest absolute Gasteiger partial charge is 0.892 e. The van der Waals surface area contributed by atoms with Crippen molar-refractivity contribution in [3.05, 3.63) is 0 Å². The van der Waals surface area contributed by atoms with Gasteiger partial charge in [0.25, 0.3) is 0 Å². The second kappa shape index (κ2) is 5.23. The summed E-state index contributed by atoms with van der Waals surface area (Å²) in [5.41, 5.74) is 5.16. The lowest BCUT2D eigenvalue weighted by Crippen LogP contribution is -2.58. The molecule has 0 bridgehead atoms. The quantitative estimate of drug-likeness (QED) is 0.425. The van der Waals surface area contributed by atoms with Gasteiger partial charge < -0.3 is 15.8 Å². The Hall–Kier alpha value is 0.425. The minimum atomic E-state index is -1.87. The predicted octanol–water partition coefficient (Wildman–Crippen LogP) is -1.76. The van der Waals surface area contributed by atoms with Crippen LogP contribution in [0, 0.1) is 0 Å². The molecule has 1 unspecified atom stereocenters. The van der Waals surface area contributed by atoms with Gasteiger partial charge in [-0.15, -0.1) is 0 Å². The highest BCUT2D eigenvalue weighted by Gasteiger charge is 1.95. The van der Waals surface area contributed by atoms with Crippen LogP contribution in [0.15, 0.2) is 0 Å². The van der Waals surface area contributed by atoms with Gasteiger partial charge in [0.05, 0.1) is 0 Å². The maximum absolute atomic E-state index is 10.0. The van der Waals surface area contributed by atoms with Crippen LogP contribution >= 0.6 is 15.9 Å². The van der Waals surface area contributed by atoms with E-state index in [1.165, 1.54) is 0 Å². The van der Waals surface area contributed by atoms with E-state index in [1.807, 2.05) is 0 Å². The second-order valence-corrected chi connectivity index (χ2v) is 2.66. The topological polar surface area (TPSA) is 72.1 Å². The molecule has 0 spiro atoms. The van der Waals surface area contributed by atoms with Crippen LogP contribution in [0.3, 0.4) is 0 Å². The maximum atomic E-state index is 10.0. The lowest BCUT2D eigenvalue weighted by Gasteiger charge is -2.33. The first-order valence-electron chi connectivity index (χ1n) is 2.81. The molecule has 0 aliphatic rings. The number of rotatable bonds is 4. The van der Waals surface area contributed by atoms with Crippen molar-refractivity contribution in [1.82, 2.24) is 0 Å². The summed E-state index contributed by atoms with van der Waals surface area (Å²) >= 11 is 3.17. The Morgan fingerprint density at radius 2 is 2.11 bits per heavy atom. The van der Waals surface area contributed by atoms with Crippen molar-refractivity contribution in [2.45, 2.75) is 18.8 Å². The molecule has 0 aromatic rings. The number of hydrogen-bond acceptors (Lipinski definition) is 3. The zero-order valence-corrected chi connectivity index (χ0v) is 6.63. The monoisotopic (exact) mass is 193 g/mol. The van der Waals surface area contributed by atoms with Crippen molar-refractivity contribution in [3.8, 4) is 0 Å². The standard InChI is InChI=1S/C4H9BBrNO2/c6-3-1-2-4(7)5(8)9/h4H,1-3,7H2/q-2. The highest BCUT2D eigenvalue weighted by atomic mass is 79.9. The fourth-order valence-electron chi connectivity index (χ4n) is 0.449. The highest BCUT2D eigenvalue weighted by Crippen LogP contribution is 1.96. The third kappa shape index (κ3) is 4.90. The molecule has 3 nitrogen and oxygen atoms in total. The molecule has 54 valence electrons. The number of hydrogen-bond donors (Lipinski definition) is 1. The first-order valence-corrected chi connectivity index (χ1v) is 3.94. The molecule has 0 aromatic heterocycles. The summed E-state index contributed by atoms with van der Waals surface area (Å²) in [4.78, 5) is 0. The summed E-state index contributed by atoms with van der Waals surface area (Å²) in [5, 5.41) is 20.9. The van der Waals surface area contributed by atoms with Gasteiger partial charge in [-0.25, -0.2) is 0 Å². The third-order valence-electron chi connectivity index (χ3n) is 1.02. The molecule has 0 radical (unpaired) electrons. The van der Waals surface area contributed by atoms with Gasteiger partial charge in [-0.1, -0.05) is 29.0 Å². The average Bonchev–Trinajstić information content (AvgIpc) is 1.82. The molecule has 0 rings (SSSR count). The van der Waals surface area contributed by atoms with Gasteiger partial charge >= 0.3 is 0 Å². The van der Waals surface area contributed by atoms with E-state index in [0.717, 1.165) is 11.8 Å². The van der Waals surface area contributed by atoms with E-state index in [9.17, 15) is 10.0 Å².